The zero-order valence-corrected chi connectivity index (χ0v) is 8.45. The van der Waals surface area contributed by atoms with Gasteiger partial charge >= 0.3 is 0 Å². The van der Waals surface area contributed by atoms with E-state index in [-0.39, 0.29) is 11.3 Å². The fourth-order valence-electron chi connectivity index (χ4n) is 1.44. The summed E-state index contributed by atoms with van der Waals surface area (Å²) in [5.74, 6) is -0.00583. The van der Waals surface area contributed by atoms with Crippen molar-refractivity contribution in [3.05, 3.63) is 35.9 Å². The summed E-state index contributed by atoms with van der Waals surface area (Å²) in [6, 6.07) is 9.91. The van der Waals surface area contributed by atoms with Gasteiger partial charge in [-0.25, -0.2) is 0 Å². The van der Waals surface area contributed by atoms with Crippen molar-refractivity contribution in [1.29, 1.82) is 0 Å². The summed E-state index contributed by atoms with van der Waals surface area (Å²) in [5.41, 5.74) is 1.10. The third-order valence-corrected chi connectivity index (χ3v) is 2.23. The highest BCUT2D eigenvalue weighted by Gasteiger charge is 2.25. The maximum Gasteiger partial charge on any atom is 0.127 e. The van der Waals surface area contributed by atoms with E-state index in [2.05, 4.69) is 20.8 Å². The first-order valence-corrected chi connectivity index (χ1v) is 4.56. The Labute approximate surface area is 79.8 Å². The number of carbonyl (C=O) groups excluding carboxylic acids is 1. The molecule has 0 radical (unpaired) electrons. The van der Waals surface area contributed by atoms with E-state index in [0.29, 0.717) is 0 Å². The molecular weight excluding hydrogens is 160 g/mol. The monoisotopic (exact) mass is 176 g/mol. The minimum atomic E-state index is -0.00583. The van der Waals surface area contributed by atoms with Crippen LogP contribution in [0.15, 0.2) is 30.3 Å². The third kappa shape index (κ3) is 2.41. The zero-order valence-electron chi connectivity index (χ0n) is 8.45. The van der Waals surface area contributed by atoms with Crippen LogP contribution in [0.2, 0.25) is 0 Å². The van der Waals surface area contributed by atoms with Crippen LogP contribution in [0.5, 0.6) is 0 Å². The fourth-order valence-corrected chi connectivity index (χ4v) is 1.44. The van der Waals surface area contributed by atoms with Gasteiger partial charge in [0.05, 0.1) is 0 Å². The van der Waals surface area contributed by atoms with Crippen molar-refractivity contribution >= 4 is 6.29 Å². The molecule has 0 aromatic heterocycles. The molecule has 0 aliphatic carbocycles. The van der Waals surface area contributed by atoms with Crippen LogP contribution in [-0.2, 0) is 4.79 Å². The van der Waals surface area contributed by atoms with Gasteiger partial charge in [0.25, 0.3) is 0 Å². The number of hydrogen-bond donors (Lipinski definition) is 0. The van der Waals surface area contributed by atoms with Gasteiger partial charge in [0.15, 0.2) is 0 Å². The molecule has 1 aromatic rings. The molecule has 0 saturated heterocycles. The van der Waals surface area contributed by atoms with E-state index in [0.717, 1.165) is 11.8 Å². The molecule has 13 heavy (non-hydrogen) atoms. The molecule has 0 aliphatic heterocycles. The molecule has 0 saturated carbocycles. The van der Waals surface area contributed by atoms with Crippen LogP contribution in [0.4, 0.5) is 0 Å². The van der Waals surface area contributed by atoms with Crippen LogP contribution in [0.3, 0.4) is 0 Å². The van der Waals surface area contributed by atoms with Gasteiger partial charge in [-0.05, 0) is 11.0 Å². The molecule has 1 heteroatoms. The van der Waals surface area contributed by atoms with Gasteiger partial charge in [-0.15, -0.1) is 0 Å². The molecule has 0 fully saturated rings. The molecule has 70 valence electrons. The quantitative estimate of drug-likeness (QED) is 0.633. The van der Waals surface area contributed by atoms with Crippen molar-refractivity contribution < 1.29 is 4.79 Å². The molecule has 0 heterocycles. The second kappa shape index (κ2) is 3.73. The van der Waals surface area contributed by atoms with Crippen LogP contribution in [0.1, 0.15) is 32.3 Å². The lowest BCUT2D eigenvalue weighted by molar-refractivity contribution is -0.111. The van der Waals surface area contributed by atoms with Crippen molar-refractivity contribution in [2.75, 3.05) is 0 Å². The average Bonchev–Trinajstić information content (AvgIpc) is 2.05. The fraction of sp³-hybridized carbons (Fsp3) is 0.417. The summed E-state index contributed by atoms with van der Waals surface area (Å²) in [4.78, 5) is 11.0. The van der Waals surface area contributed by atoms with Crippen LogP contribution >= 0.6 is 0 Å². The van der Waals surface area contributed by atoms with Gasteiger partial charge in [0.2, 0.25) is 0 Å². The van der Waals surface area contributed by atoms with Gasteiger partial charge in [-0.2, -0.15) is 0 Å². The number of hydrogen-bond acceptors (Lipinski definition) is 1. The molecular formula is C12H16O. The maximum atomic E-state index is 11.0. The summed E-state index contributed by atoms with van der Waals surface area (Å²) in [5, 5.41) is 0. The minimum absolute atomic E-state index is 0.00308. The van der Waals surface area contributed by atoms with Crippen molar-refractivity contribution in [1.82, 2.24) is 0 Å². The van der Waals surface area contributed by atoms with Crippen molar-refractivity contribution in [2.45, 2.75) is 26.7 Å². The Morgan fingerprint density at radius 2 is 1.69 bits per heavy atom. The first-order valence-electron chi connectivity index (χ1n) is 4.56. The Hall–Kier alpha value is -1.11. The second-order valence-corrected chi connectivity index (χ2v) is 4.39. The number of carbonyl (C=O) groups is 1. The molecule has 1 atom stereocenters. The highest BCUT2D eigenvalue weighted by Crippen LogP contribution is 2.32. The Morgan fingerprint density at radius 1 is 1.15 bits per heavy atom. The predicted octanol–water partition coefficient (Wildman–Crippen LogP) is 3.02. The normalized spacial score (nSPS) is 13.8. The molecule has 0 N–H and O–H groups in total. The van der Waals surface area contributed by atoms with Gasteiger partial charge in [0, 0.05) is 5.92 Å². The Balaban J connectivity index is 2.99. The molecule has 1 nitrogen and oxygen atoms in total. The van der Waals surface area contributed by atoms with Crippen molar-refractivity contribution in [2.24, 2.45) is 5.41 Å². The summed E-state index contributed by atoms with van der Waals surface area (Å²) >= 11 is 0. The van der Waals surface area contributed by atoms with Crippen molar-refractivity contribution in [3.63, 3.8) is 0 Å². The third-order valence-electron chi connectivity index (χ3n) is 2.23. The van der Waals surface area contributed by atoms with Crippen LogP contribution in [0, 0.1) is 5.41 Å². The molecule has 0 amide bonds. The summed E-state index contributed by atoms with van der Waals surface area (Å²) in [6.45, 7) is 6.25. The van der Waals surface area contributed by atoms with E-state index in [9.17, 15) is 4.79 Å². The molecule has 1 unspecified atom stereocenters. The minimum Gasteiger partial charge on any atom is -0.303 e. The smallest absolute Gasteiger partial charge is 0.127 e. The molecule has 0 aliphatic rings. The van der Waals surface area contributed by atoms with E-state index in [1.54, 1.807) is 0 Å². The lowest BCUT2D eigenvalue weighted by Crippen LogP contribution is -2.19. The second-order valence-electron chi connectivity index (χ2n) is 4.39. The predicted molar refractivity (Wildman–Crippen MR) is 54.7 cm³/mol. The standard InChI is InChI=1S/C12H16O/c1-12(2,3)11(9-13)10-7-5-4-6-8-10/h4-9,11H,1-3H3. The van der Waals surface area contributed by atoms with E-state index >= 15 is 0 Å². The Bertz CT molecular complexity index is 269. The van der Waals surface area contributed by atoms with Crippen molar-refractivity contribution in [3.8, 4) is 0 Å². The Morgan fingerprint density at radius 3 is 2.08 bits per heavy atom. The first-order chi connectivity index (χ1) is 6.05. The van der Waals surface area contributed by atoms with E-state index in [1.807, 2.05) is 30.3 Å². The molecule has 0 bridgehead atoms. The Kier molecular flexibility index (Phi) is 2.86. The van der Waals surface area contributed by atoms with Crippen LogP contribution < -0.4 is 0 Å². The lowest BCUT2D eigenvalue weighted by atomic mass is 9.77. The number of rotatable bonds is 2. The number of aldehydes is 1. The molecule has 1 rings (SSSR count). The van der Waals surface area contributed by atoms with Gasteiger partial charge < -0.3 is 4.79 Å². The van der Waals surface area contributed by atoms with E-state index in [4.69, 9.17) is 0 Å². The first kappa shape index (κ1) is 9.97. The zero-order chi connectivity index (χ0) is 9.90. The summed E-state index contributed by atoms with van der Waals surface area (Å²) in [6.07, 6.45) is 1.04. The molecule has 1 aromatic carbocycles. The average molecular weight is 176 g/mol. The number of benzene rings is 1. The largest absolute Gasteiger partial charge is 0.303 e. The van der Waals surface area contributed by atoms with Gasteiger partial charge in [0.1, 0.15) is 6.29 Å². The highest BCUT2D eigenvalue weighted by molar-refractivity contribution is 5.63. The topological polar surface area (TPSA) is 17.1 Å². The van der Waals surface area contributed by atoms with E-state index < -0.39 is 0 Å². The highest BCUT2D eigenvalue weighted by atomic mass is 16.1. The maximum absolute atomic E-state index is 11.0. The summed E-state index contributed by atoms with van der Waals surface area (Å²) in [7, 11) is 0. The molecule has 0 spiro atoms. The van der Waals surface area contributed by atoms with Gasteiger partial charge in [-0.1, -0.05) is 51.1 Å². The lowest BCUT2D eigenvalue weighted by Gasteiger charge is -2.26. The van der Waals surface area contributed by atoms with Crippen LogP contribution in [-0.4, -0.2) is 6.29 Å². The van der Waals surface area contributed by atoms with Crippen LogP contribution in [0.25, 0.3) is 0 Å². The van der Waals surface area contributed by atoms with E-state index in [1.165, 1.54) is 0 Å². The van der Waals surface area contributed by atoms with Gasteiger partial charge in [-0.3, -0.25) is 0 Å². The summed E-state index contributed by atoms with van der Waals surface area (Å²) < 4.78 is 0. The SMILES string of the molecule is CC(C)(C)C(C=O)c1ccccc1.